The van der Waals surface area contributed by atoms with E-state index in [1.54, 1.807) is 24.3 Å². The Bertz CT molecular complexity index is 414. The van der Waals surface area contributed by atoms with Crippen LogP contribution in [0, 0.1) is 5.41 Å². The molecule has 0 aliphatic carbocycles. The van der Waals surface area contributed by atoms with Gasteiger partial charge in [0.2, 0.25) is 0 Å². The zero-order valence-corrected chi connectivity index (χ0v) is 9.36. The molecule has 16 heavy (non-hydrogen) atoms. The summed E-state index contributed by atoms with van der Waals surface area (Å²) >= 11 is 5.85. The number of carboxylic acid groups (broad SMARTS) is 2. The summed E-state index contributed by atoms with van der Waals surface area (Å²) in [6.45, 7) is 1.17. The predicted octanol–water partition coefficient (Wildman–Crippen LogP) is 2.06. The number of hydrogen-bond donors (Lipinski definition) is 2. The van der Waals surface area contributed by atoms with Gasteiger partial charge in [-0.2, -0.15) is 0 Å². The molecule has 0 spiro atoms. The average molecular weight is 243 g/mol. The van der Waals surface area contributed by atoms with Gasteiger partial charge in [-0.3, -0.25) is 9.59 Å². The third-order valence-corrected chi connectivity index (χ3v) is 2.81. The van der Waals surface area contributed by atoms with E-state index in [1.807, 2.05) is 0 Å². The van der Waals surface area contributed by atoms with Gasteiger partial charge in [0, 0.05) is 11.4 Å². The van der Waals surface area contributed by atoms with Crippen molar-refractivity contribution in [2.75, 3.05) is 0 Å². The van der Waals surface area contributed by atoms with Crippen LogP contribution in [0.5, 0.6) is 0 Å². The van der Waals surface area contributed by atoms with Crippen molar-refractivity contribution in [1.29, 1.82) is 0 Å². The highest BCUT2D eigenvalue weighted by atomic mass is 35.5. The van der Waals surface area contributed by atoms with Crippen LogP contribution < -0.4 is 0 Å². The van der Waals surface area contributed by atoms with Crippen molar-refractivity contribution in [3.63, 3.8) is 0 Å². The normalized spacial score (nSPS) is 11.1. The molecule has 0 heterocycles. The molecule has 0 saturated heterocycles. The maximum Gasteiger partial charge on any atom is 0.321 e. The lowest BCUT2D eigenvalue weighted by atomic mass is 9.84. The minimum absolute atomic E-state index is 0.142. The number of rotatable bonds is 4. The Balaban J connectivity index is 3.07. The summed E-state index contributed by atoms with van der Waals surface area (Å²) in [6.07, 6.45) is -0.142. The summed E-state index contributed by atoms with van der Waals surface area (Å²) in [5.41, 5.74) is -1.35. The molecule has 0 atom stereocenters. The van der Waals surface area contributed by atoms with E-state index in [9.17, 15) is 9.59 Å². The summed E-state index contributed by atoms with van der Waals surface area (Å²) < 4.78 is 0. The molecule has 0 unspecified atom stereocenters. The quantitative estimate of drug-likeness (QED) is 0.793. The standard InChI is InChI=1S/C11H11ClO4/c1-11(9(13)14,10(15)16)6-7-4-2-3-5-8(7)12/h2-5H,6H2,1H3,(H,13,14)(H,15,16). The van der Waals surface area contributed by atoms with E-state index in [0.29, 0.717) is 10.6 Å². The molecule has 0 aliphatic heterocycles. The van der Waals surface area contributed by atoms with Gasteiger partial charge in [-0.1, -0.05) is 29.8 Å². The molecule has 5 heteroatoms. The van der Waals surface area contributed by atoms with Crippen LogP contribution in [0.1, 0.15) is 12.5 Å². The number of benzene rings is 1. The fraction of sp³-hybridized carbons (Fsp3) is 0.273. The van der Waals surface area contributed by atoms with Gasteiger partial charge in [0.1, 0.15) is 0 Å². The summed E-state index contributed by atoms with van der Waals surface area (Å²) in [7, 11) is 0. The SMILES string of the molecule is CC(Cc1ccccc1Cl)(C(=O)O)C(=O)O. The van der Waals surface area contributed by atoms with Crippen molar-refractivity contribution >= 4 is 23.5 Å². The minimum atomic E-state index is -1.86. The lowest BCUT2D eigenvalue weighted by Crippen LogP contribution is -2.38. The highest BCUT2D eigenvalue weighted by Gasteiger charge is 2.41. The molecule has 0 bridgehead atoms. The first kappa shape index (κ1) is 12.5. The molecule has 1 aromatic rings. The Morgan fingerprint density at radius 2 is 1.75 bits per heavy atom. The highest BCUT2D eigenvalue weighted by Crippen LogP contribution is 2.27. The van der Waals surface area contributed by atoms with E-state index in [1.165, 1.54) is 6.92 Å². The molecule has 4 nitrogen and oxygen atoms in total. The molecule has 0 amide bonds. The predicted molar refractivity (Wildman–Crippen MR) is 58.5 cm³/mol. The molecule has 0 saturated carbocycles. The molecule has 0 aromatic heterocycles. The van der Waals surface area contributed by atoms with Crippen LogP contribution in [0.3, 0.4) is 0 Å². The van der Waals surface area contributed by atoms with E-state index < -0.39 is 17.4 Å². The first-order valence-electron chi connectivity index (χ1n) is 4.58. The van der Waals surface area contributed by atoms with Crippen LogP contribution >= 0.6 is 11.6 Å². The Kier molecular flexibility index (Phi) is 3.55. The van der Waals surface area contributed by atoms with Gasteiger partial charge in [-0.15, -0.1) is 0 Å². The van der Waals surface area contributed by atoms with Crippen molar-refractivity contribution in [1.82, 2.24) is 0 Å². The summed E-state index contributed by atoms with van der Waals surface area (Å²) in [4.78, 5) is 21.9. The molecular formula is C11H11ClO4. The van der Waals surface area contributed by atoms with Gasteiger partial charge in [0.05, 0.1) is 0 Å². The van der Waals surface area contributed by atoms with Gasteiger partial charge in [-0.25, -0.2) is 0 Å². The van der Waals surface area contributed by atoms with Gasteiger partial charge in [0.15, 0.2) is 5.41 Å². The van der Waals surface area contributed by atoms with Crippen LogP contribution in [-0.4, -0.2) is 22.2 Å². The summed E-state index contributed by atoms with van der Waals surface area (Å²) in [6, 6.07) is 6.60. The molecule has 0 aliphatic rings. The van der Waals surface area contributed by atoms with E-state index in [2.05, 4.69) is 0 Å². The summed E-state index contributed by atoms with van der Waals surface area (Å²) in [5.74, 6) is -2.75. The van der Waals surface area contributed by atoms with E-state index in [4.69, 9.17) is 21.8 Å². The maximum absolute atomic E-state index is 11.0. The van der Waals surface area contributed by atoms with Crippen LogP contribution in [0.2, 0.25) is 5.02 Å². The summed E-state index contributed by atoms with van der Waals surface area (Å²) in [5, 5.41) is 18.2. The topological polar surface area (TPSA) is 74.6 Å². The fourth-order valence-corrected chi connectivity index (χ4v) is 1.47. The number of carbonyl (C=O) groups is 2. The first-order chi connectivity index (χ1) is 7.38. The lowest BCUT2D eigenvalue weighted by molar-refractivity contribution is -0.163. The third kappa shape index (κ3) is 2.33. The van der Waals surface area contributed by atoms with Gasteiger partial charge >= 0.3 is 11.9 Å². The number of halogens is 1. The lowest BCUT2D eigenvalue weighted by Gasteiger charge is -2.20. The van der Waals surface area contributed by atoms with Crippen molar-refractivity contribution < 1.29 is 19.8 Å². The van der Waals surface area contributed by atoms with Gasteiger partial charge < -0.3 is 10.2 Å². The molecule has 0 radical (unpaired) electrons. The Hall–Kier alpha value is -1.55. The van der Waals surface area contributed by atoms with Crippen LogP contribution in [-0.2, 0) is 16.0 Å². The fourth-order valence-electron chi connectivity index (χ4n) is 1.27. The Morgan fingerprint density at radius 1 is 1.25 bits per heavy atom. The van der Waals surface area contributed by atoms with Gasteiger partial charge in [0.25, 0.3) is 0 Å². The van der Waals surface area contributed by atoms with Gasteiger partial charge in [-0.05, 0) is 18.6 Å². The van der Waals surface area contributed by atoms with Crippen molar-refractivity contribution in [3.8, 4) is 0 Å². The van der Waals surface area contributed by atoms with E-state index >= 15 is 0 Å². The second-order valence-electron chi connectivity index (χ2n) is 3.71. The van der Waals surface area contributed by atoms with E-state index in [-0.39, 0.29) is 6.42 Å². The van der Waals surface area contributed by atoms with Crippen molar-refractivity contribution in [2.24, 2.45) is 5.41 Å². The highest BCUT2D eigenvalue weighted by molar-refractivity contribution is 6.31. The first-order valence-corrected chi connectivity index (χ1v) is 4.96. The number of carboxylic acids is 2. The molecule has 1 aromatic carbocycles. The third-order valence-electron chi connectivity index (χ3n) is 2.45. The monoisotopic (exact) mass is 242 g/mol. The van der Waals surface area contributed by atoms with Crippen LogP contribution in [0.4, 0.5) is 0 Å². The minimum Gasteiger partial charge on any atom is -0.480 e. The maximum atomic E-state index is 11.0. The zero-order valence-electron chi connectivity index (χ0n) is 8.61. The second kappa shape index (κ2) is 4.53. The largest absolute Gasteiger partial charge is 0.480 e. The van der Waals surface area contributed by atoms with Crippen molar-refractivity contribution in [2.45, 2.75) is 13.3 Å². The Labute approximate surface area is 97.5 Å². The van der Waals surface area contributed by atoms with E-state index in [0.717, 1.165) is 0 Å². The average Bonchev–Trinajstić information content (AvgIpc) is 2.20. The van der Waals surface area contributed by atoms with Crippen LogP contribution in [0.15, 0.2) is 24.3 Å². The van der Waals surface area contributed by atoms with Crippen molar-refractivity contribution in [3.05, 3.63) is 34.9 Å². The molecule has 2 N–H and O–H groups in total. The number of aliphatic carboxylic acids is 2. The zero-order chi connectivity index (χ0) is 12.3. The smallest absolute Gasteiger partial charge is 0.321 e. The molecule has 86 valence electrons. The molecular weight excluding hydrogens is 232 g/mol. The second-order valence-corrected chi connectivity index (χ2v) is 4.12. The molecule has 0 fully saturated rings. The molecule has 1 rings (SSSR count). The Morgan fingerprint density at radius 3 is 2.19 bits per heavy atom. The number of hydrogen-bond acceptors (Lipinski definition) is 2. The van der Waals surface area contributed by atoms with Crippen LogP contribution in [0.25, 0.3) is 0 Å².